The van der Waals surface area contributed by atoms with Crippen LogP contribution in [0.1, 0.15) is 66.2 Å². The summed E-state index contributed by atoms with van der Waals surface area (Å²) in [4.78, 5) is 24.4. The fraction of sp³-hybridized carbons (Fsp3) is 0.739. The minimum Gasteiger partial charge on any atom is -0.469 e. The Balaban J connectivity index is 2.00. The normalized spacial score (nSPS) is 43.6. The summed E-state index contributed by atoms with van der Waals surface area (Å²) in [6.45, 7) is 12.1. The Hall–Kier alpha value is -1.58. The number of hydrogen-bond acceptors (Lipinski definition) is 4. The van der Waals surface area contributed by atoms with Gasteiger partial charge in [-0.1, -0.05) is 38.0 Å². The first-order valence-corrected chi connectivity index (χ1v) is 10.2. The molecule has 6 atom stereocenters. The van der Waals surface area contributed by atoms with Gasteiger partial charge in [-0.3, -0.25) is 9.59 Å². The Bertz CT molecular complexity index is 680. The molecule has 0 aromatic rings. The minimum atomic E-state index is -0.445. The molecule has 0 radical (unpaired) electrons. The first-order valence-electron chi connectivity index (χ1n) is 10.2. The van der Waals surface area contributed by atoms with Crippen molar-refractivity contribution in [2.75, 3.05) is 7.11 Å². The molecule has 4 nitrogen and oxygen atoms in total. The van der Waals surface area contributed by atoms with Crippen molar-refractivity contribution in [3.05, 3.63) is 24.3 Å². The average Bonchev–Trinajstić information content (AvgIpc) is 2.61. The standard InChI is InChI=1S/C23H34O4/c1-7-21(3)14-16-9-10-18-22(4,17(16)13-19(21)27-15(2)24)11-8-12-23(18,5)20(25)26-6/h7,9,17-19H,1,8,10-14H2,2-6H3/t17-,18+,19+,21+,22+,23+/m0/s1. The second-order valence-electron chi connectivity index (χ2n) is 9.61. The lowest BCUT2D eigenvalue weighted by Crippen LogP contribution is -2.56. The molecule has 0 bridgehead atoms. The van der Waals surface area contributed by atoms with Crippen LogP contribution in [0.4, 0.5) is 0 Å². The van der Waals surface area contributed by atoms with Gasteiger partial charge in [0.15, 0.2) is 0 Å². The van der Waals surface area contributed by atoms with Gasteiger partial charge in [0.05, 0.1) is 12.5 Å². The molecule has 27 heavy (non-hydrogen) atoms. The molecule has 0 aromatic carbocycles. The molecule has 3 aliphatic carbocycles. The molecule has 3 aliphatic rings. The molecular weight excluding hydrogens is 340 g/mol. The maximum atomic E-state index is 12.7. The molecule has 4 heteroatoms. The van der Waals surface area contributed by atoms with Crippen LogP contribution in [0.5, 0.6) is 0 Å². The Labute approximate surface area is 163 Å². The molecule has 2 fully saturated rings. The predicted octanol–water partition coefficient (Wildman–Crippen LogP) is 4.84. The fourth-order valence-electron chi connectivity index (χ4n) is 6.41. The van der Waals surface area contributed by atoms with Crippen LogP contribution < -0.4 is 0 Å². The quantitative estimate of drug-likeness (QED) is 0.524. The van der Waals surface area contributed by atoms with Crippen molar-refractivity contribution in [1.29, 1.82) is 0 Å². The van der Waals surface area contributed by atoms with Gasteiger partial charge in [0.25, 0.3) is 0 Å². The van der Waals surface area contributed by atoms with E-state index in [1.807, 2.05) is 6.08 Å². The Morgan fingerprint density at radius 3 is 2.56 bits per heavy atom. The van der Waals surface area contributed by atoms with E-state index in [4.69, 9.17) is 9.47 Å². The molecule has 0 unspecified atom stereocenters. The summed E-state index contributed by atoms with van der Waals surface area (Å²) in [7, 11) is 1.50. The van der Waals surface area contributed by atoms with Crippen LogP contribution in [0.3, 0.4) is 0 Å². The maximum Gasteiger partial charge on any atom is 0.311 e. The van der Waals surface area contributed by atoms with Gasteiger partial charge < -0.3 is 9.47 Å². The third kappa shape index (κ3) is 3.05. The lowest BCUT2D eigenvalue weighted by atomic mass is 9.45. The van der Waals surface area contributed by atoms with Crippen molar-refractivity contribution in [2.45, 2.75) is 72.3 Å². The summed E-state index contributed by atoms with van der Waals surface area (Å²) in [5.41, 5.74) is 0.789. The molecule has 0 heterocycles. The SMILES string of the molecule is C=C[C@]1(C)CC2=CC[C@@H]3[C@](C)(CCC[C@@]3(C)C(=O)OC)[C@H]2C[C@H]1OC(C)=O. The number of fused-ring (bicyclic) bond motifs is 3. The van der Waals surface area contributed by atoms with Crippen LogP contribution in [-0.4, -0.2) is 25.2 Å². The van der Waals surface area contributed by atoms with Crippen molar-refractivity contribution >= 4 is 11.9 Å². The van der Waals surface area contributed by atoms with Gasteiger partial charge in [0.2, 0.25) is 0 Å². The monoisotopic (exact) mass is 374 g/mol. The molecule has 0 amide bonds. The lowest BCUT2D eigenvalue weighted by Gasteiger charge is -2.59. The van der Waals surface area contributed by atoms with Crippen molar-refractivity contribution in [3.8, 4) is 0 Å². The van der Waals surface area contributed by atoms with E-state index in [0.29, 0.717) is 5.92 Å². The average molecular weight is 375 g/mol. The first kappa shape index (κ1) is 20.2. The van der Waals surface area contributed by atoms with E-state index in [2.05, 4.69) is 33.4 Å². The summed E-state index contributed by atoms with van der Waals surface area (Å²) in [6, 6.07) is 0. The maximum absolute atomic E-state index is 12.7. The zero-order valence-electron chi connectivity index (χ0n) is 17.5. The number of esters is 2. The Morgan fingerprint density at radius 1 is 1.26 bits per heavy atom. The number of carbonyl (C=O) groups is 2. The number of ether oxygens (including phenoxy) is 2. The fourth-order valence-corrected chi connectivity index (χ4v) is 6.41. The molecule has 0 N–H and O–H groups in total. The van der Waals surface area contributed by atoms with Crippen LogP contribution in [0, 0.1) is 28.1 Å². The zero-order chi connectivity index (χ0) is 20.0. The summed E-state index contributed by atoms with van der Waals surface area (Å²) in [5, 5.41) is 0. The van der Waals surface area contributed by atoms with E-state index in [0.717, 1.165) is 38.5 Å². The van der Waals surface area contributed by atoms with Gasteiger partial charge in [-0.05, 0) is 56.3 Å². The third-order valence-electron chi connectivity index (χ3n) is 8.03. The summed E-state index contributed by atoms with van der Waals surface area (Å²) >= 11 is 0. The number of hydrogen-bond donors (Lipinski definition) is 0. The lowest BCUT2D eigenvalue weighted by molar-refractivity contribution is -0.170. The summed E-state index contributed by atoms with van der Waals surface area (Å²) < 4.78 is 11.0. The highest BCUT2D eigenvalue weighted by molar-refractivity contribution is 5.77. The van der Waals surface area contributed by atoms with Gasteiger partial charge >= 0.3 is 11.9 Å². The summed E-state index contributed by atoms with van der Waals surface area (Å²) in [5.74, 6) is 0.267. The number of carbonyl (C=O) groups excluding carboxylic acids is 2. The van der Waals surface area contributed by atoms with Crippen LogP contribution >= 0.6 is 0 Å². The smallest absolute Gasteiger partial charge is 0.311 e. The van der Waals surface area contributed by atoms with E-state index in [-0.39, 0.29) is 34.8 Å². The Kier molecular flexibility index (Phi) is 5.07. The topological polar surface area (TPSA) is 52.6 Å². The minimum absolute atomic E-state index is 0.0200. The number of allylic oxidation sites excluding steroid dienone is 2. The highest BCUT2D eigenvalue weighted by Gasteiger charge is 2.60. The second-order valence-corrected chi connectivity index (χ2v) is 9.61. The van der Waals surface area contributed by atoms with Gasteiger partial charge in [0.1, 0.15) is 6.10 Å². The first-order chi connectivity index (χ1) is 12.6. The van der Waals surface area contributed by atoms with Crippen LogP contribution in [0.2, 0.25) is 0 Å². The highest BCUT2D eigenvalue weighted by Crippen LogP contribution is 2.64. The molecule has 150 valence electrons. The van der Waals surface area contributed by atoms with E-state index >= 15 is 0 Å². The van der Waals surface area contributed by atoms with E-state index in [1.54, 1.807) is 0 Å². The molecule has 3 rings (SSSR count). The van der Waals surface area contributed by atoms with Gasteiger partial charge in [-0.2, -0.15) is 0 Å². The summed E-state index contributed by atoms with van der Waals surface area (Å²) in [6.07, 6.45) is 9.74. The molecule has 0 aliphatic heterocycles. The molecular formula is C23H34O4. The molecule has 2 saturated carbocycles. The van der Waals surface area contributed by atoms with E-state index in [1.165, 1.54) is 19.6 Å². The van der Waals surface area contributed by atoms with Crippen LogP contribution in [-0.2, 0) is 19.1 Å². The van der Waals surface area contributed by atoms with Crippen molar-refractivity contribution < 1.29 is 19.1 Å². The van der Waals surface area contributed by atoms with Crippen molar-refractivity contribution in [2.24, 2.45) is 28.1 Å². The molecule has 0 spiro atoms. The van der Waals surface area contributed by atoms with Crippen LogP contribution in [0.15, 0.2) is 24.3 Å². The molecule has 0 aromatic heterocycles. The van der Waals surface area contributed by atoms with Gasteiger partial charge in [-0.25, -0.2) is 0 Å². The molecule has 0 saturated heterocycles. The van der Waals surface area contributed by atoms with Gasteiger partial charge in [0, 0.05) is 12.3 Å². The third-order valence-corrected chi connectivity index (χ3v) is 8.03. The van der Waals surface area contributed by atoms with E-state index in [9.17, 15) is 9.59 Å². The second kappa shape index (κ2) is 6.79. The van der Waals surface area contributed by atoms with E-state index < -0.39 is 5.41 Å². The highest BCUT2D eigenvalue weighted by atomic mass is 16.5. The van der Waals surface area contributed by atoms with Crippen molar-refractivity contribution in [1.82, 2.24) is 0 Å². The van der Waals surface area contributed by atoms with Crippen LogP contribution in [0.25, 0.3) is 0 Å². The number of rotatable bonds is 3. The van der Waals surface area contributed by atoms with Crippen molar-refractivity contribution in [3.63, 3.8) is 0 Å². The van der Waals surface area contributed by atoms with Gasteiger partial charge in [-0.15, -0.1) is 6.58 Å². The number of methoxy groups -OCH3 is 1. The largest absolute Gasteiger partial charge is 0.469 e. The predicted molar refractivity (Wildman–Crippen MR) is 105 cm³/mol. The zero-order valence-corrected chi connectivity index (χ0v) is 17.5. The Morgan fingerprint density at radius 2 is 1.96 bits per heavy atom.